The summed E-state index contributed by atoms with van der Waals surface area (Å²) in [6.45, 7) is 4.03. The molecule has 1 aromatic heterocycles. The second-order valence-corrected chi connectivity index (χ2v) is 6.06. The van der Waals surface area contributed by atoms with Crippen LogP contribution in [0.3, 0.4) is 0 Å². The van der Waals surface area contributed by atoms with Crippen molar-refractivity contribution in [3.63, 3.8) is 0 Å². The molecule has 0 aromatic carbocycles. The molecule has 2 N–H and O–H groups in total. The fourth-order valence-electron chi connectivity index (χ4n) is 1.89. The monoisotopic (exact) mass is 279 g/mol. The Balaban J connectivity index is 1.86. The van der Waals surface area contributed by atoms with Crippen LogP contribution in [0, 0.1) is 6.92 Å². The van der Waals surface area contributed by atoms with Crippen LogP contribution >= 0.6 is 11.3 Å². The fraction of sp³-hybridized carbons (Fsp3) is 0.462. The van der Waals surface area contributed by atoms with Crippen LogP contribution in [0.15, 0.2) is 17.2 Å². The van der Waals surface area contributed by atoms with Crippen LogP contribution in [0.1, 0.15) is 29.5 Å². The minimum absolute atomic E-state index is 0.0471. The number of nitrogens with zero attached hydrogens (tertiary/aromatic N) is 1. The van der Waals surface area contributed by atoms with Crippen LogP contribution in [0.5, 0.6) is 0 Å². The average molecular weight is 279 g/mol. The van der Waals surface area contributed by atoms with Crippen molar-refractivity contribution in [2.75, 3.05) is 0 Å². The van der Waals surface area contributed by atoms with Crippen molar-refractivity contribution in [3.8, 4) is 0 Å². The van der Waals surface area contributed by atoms with E-state index in [0.29, 0.717) is 18.6 Å². The molecule has 102 valence electrons. The topological polar surface area (TPSA) is 70.6 Å². The maximum Gasteiger partial charge on any atom is 0.267 e. The van der Waals surface area contributed by atoms with E-state index < -0.39 is 0 Å². The zero-order valence-corrected chi connectivity index (χ0v) is 11.8. The van der Waals surface area contributed by atoms with Crippen LogP contribution in [-0.2, 0) is 16.0 Å². The van der Waals surface area contributed by atoms with Gasteiger partial charge >= 0.3 is 0 Å². The highest BCUT2D eigenvalue weighted by molar-refractivity contribution is 7.11. The number of hydrogen-bond acceptors (Lipinski definition) is 4. The zero-order chi connectivity index (χ0) is 13.8. The van der Waals surface area contributed by atoms with Gasteiger partial charge in [0.2, 0.25) is 5.91 Å². The molecule has 0 spiro atoms. The molecule has 19 heavy (non-hydrogen) atoms. The number of aryl methyl sites for hydroxylation is 1. The molecule has 6 heteroatoms. The van der Waals surface area contributed by atoms with Gasteiger partial charge in [0.25, 0.3) is 5.91 Å². The Labute approximate surface area is 116 Å². The van der Waals surface area contributed by atoms with E-state index in [0.717, 1.165) is 6.42 Å². The summed E-state index contributed by atoms with van der Waals surface area (Å²) < 4.78 is 0. The first-order chi connectivity index (χ1) is 9.04. The number of thiophene rings is 1. The summed E-state index contributed by atoms with van der Waals surface area (Å²) in [6, 6.07) is 4.21. The number of nitrogens with one attached hydrogen (secondary N) is 2. The molecule has 1 aliphatic heterocycles. The largest absolute Gasteiger partial charge is 0.348 e. The normalized spacial score (nSPS) is 16.5. The van der Waals surface area contributed by atoms with Gasteiger partial charge in [0.1, 0.15) is 5.71 Å². The summed E-state index contributed by atoms with van der Waals surface area (Å²) in [5.41, 5.74) is 2.73. The van der Waals surface area contributed by atoms with E-state index in [1.54, 1.807) is 11.3 Å². The summed E-state index contributed by atoms with van der Waals surface area (Å²) >= 11 is 1.74. The minimum atomic E-state index is -0.194. The molecule has 1 aliphatic rings. The Morgan fingerprint density at radius 1 is 1.53 bits per heavy atom. The van der Waals surface area contributed by atoms with Crippen molar-refractivity contribution in [1.82, 2.24) is 10.7 Å². The second kappa shape index (κ2) is 5.97. The number of carbonyl (C=O) groups is 2. The SMILES string of the molecule is Cc1ccc(CC(C)NC(=O)C2=NNC(=O)CC2)s1. The molecule has 5 nitrogen and oxygen atoms in total. The smallest absolute Gasteiger partial charge is 0.267 e. The lowest BCUT2D eigenvalue weighted by Gasteiger charge is -2.16. The van der Waals surface area contributed by atoms with Crippen molar-refractivity contribution < 1.29 is 9.59 Å². The number of rotatable bonds is 4. The highest BCUT2D eigenvalue weighted by atomic mass is 32.1. The molecule has 2 amide bonds. The van der Waals surface area contributed by atoms with Crippen LogP contribution in [0.4, 0.5) is 0 Å². The summed E-state index contributed by atoms with van der Waals surface area (Å²) in [5, 5.41) is 6.69. The third-order valence-electron chi connectivity index (χ3n) is 2.85. The standard InChI is InChI=1S/C13H17N3O2S/c1-8(7-10-4-3-9(2)19-10)14-13(18)11-5-6-12(17)16-15-11/h3-4,8H,5-7H2,1-2H3,(H,14,18)(H,16,17). The Morgan fingerprint density at radius 2 is 2.32 bits per heavy atom. The van der Waals surface area contributed by atoms with Crippen molar-refractivity contribution >= 4 is 28.9 Å². The van der Waals surface area contributed by atoms with Gasteiger partial charge in [0.05, 0.1) is 0 Å². The molecular formula is C13H17N3O2S. The average Bonchev–Trinajstić information content (AvgIpc) is 2.75. The molecule has 1 aromatic rings. The summed E-state index contributed by atoms with van der Waals surface area (Å²) in [4.78, 5) is 25.4. The number of hydrogen-bond donors (Lipinski definition) is 2. The molecule has 1 unspecified atom stereocenters. The second-order valence-electron chi connectivity index (χ2n) is 4.68. The minimum Gasteiger partial charge on any atom is -0.348 e. The molecular weight excluding hydrogens is 262 g/mol. The molecule has 0 bridgehead atoms. The number of carbonyl (C=O) groups excluding carboxylic acids is 2. The molecule has 0 radical (unpaired) electrons. The van der Waals surface area contributed by atoms with Gasteiger partial charge in [-0.1, -0.05) is 0 Å². The third kappa shape index (κ3) is 3.89. The van der Waals surface area contributed by atoms with E-state index in [4.69, 9.17) is 0 Å². The van der Waals surface area contributed by atoms with Gasteiger partial charge in [-0.2, -0.15) is 5.10 Å². The lowest BCUT2D eigenvalue weighted by atomic mass is 10.1. The van der Waals surface area contributed by atoms with Crippen molar-refractivity contribution in [2.24, 2.45) is 5.10 Å². The Bertz CT molecular complexity index is 522. The van der Waals surface area contributed by atoms with E-state index in [9.17, 15) is 9.59 Å². The molecule has 0 fully saturated rings. The van der Waals surface area contributed by atoms with Crippen LogP contribution in [-0.4, -0.2) is 23.6 Å². The van der Waals surface area contributed by atoms with Gasteiger partial charge in [-0.15, -0.1) is 11.3 Å². The van der Waals surface area contributed by atoms with Crippen LogP contribution in [0.25, 0.3) is 0 Å². The van der Waals surface area contributed by atoms with Gasteiger partial charge in [-0.3, -0.25) is 9.59 Å². The maximum absolute atomic E-state index is 11.9. The van der Waals surface area contributed by atoms with E-state index in [-0.39, 0.29) is 17.9 Å². The van der Waals surface area contributed by atoms with Crippen molar-refractivity contribution in [1.29, 1.82) is 0 Å². The number of hydrazone groups is 1. The lowest BCUT2D eigenvalue weighted by molar-refractivity contribution is -0.121. The zero-order valence-electron chi connectivity index (χ0n) is 11.0. The number of amides is 2. The Kier molecular flexibility index (Phi) is 4.31. The molecule has 2 rings (SSSR count). The van der Waals surface area contributed by atoms with E-state index >= 15 is 0 Å². The Hall–Kier alpha value is -1.69. The van der Waals surface area contributed by atoms with Gasteiger partial charge < -0.3 is 5.32 Å². The first-order valence-electron chi connectivity index (χ1n) is 6.26. The van der Waals surface area contributed by atoms with Gasteiger partial charge in [0, 0.05) is 35.1 Å². The maximum atomic E-state index is 11.9. The first kappa shape index (κ1) is 13.7. The van der Waals surface area contributed by atoms with Gasteiger partial charge in [-0.25, -0.2) is 5.43 Å². The van der Waals surface area contributed by atoms with Crippen LogP contribution in [0.2, 0.25) is 0 Å². The third-order valence-corrected chi connectivity index (χ3v) is 3.87. The molecule has 2 heterocycles. The quantitative estimate of drug-likeness (QED) is 0.874. The van der Waals surface area contributed by atoms with E-state index in [1.165, 1.54) is 9.75 Å². The predicted octanol–water partition coefficient (Wildman–Crippen LogP) is 1.37. The van der Waals surface area contributed by atoms with Crippen molar-refractivity contribution in [2.45, 2.75) is 39.2 Å². The van der Waals surface area contributed by atoms with Gasteiger partial charge in [0.15, 0.2) is 0 Å². The fourth-order valence-corrected chi connectivity index (χ4v) is 2.91. The van der Waals surface area contributed by atoms with Gasteiger partial charge in [-0.05, 0) is 26.0 Å². The van der Waals surface area contributed by atoms with E-state index in [2.05, 4.69) is 34.9 Å². The molecule has 1 atom stereocenters. The highest BCUT2D eigenvalue weighted by Crippen LogP contribution is 2.16. The predicted molar refractivity (Wildman–Crippen MR) is 75.2 cm³/mol. The summed E-state index contributed by atoms with van der Waals surface area (Å²) in [5.74, 6) is -0.334. The van der Waals surface area contributed by atoms with E-state index in [1.807, 2.05) is 6.92 Å². The lowest BCUT2D eigenvalue weighted by Crippen LogP contribution is -2.41. The molecule has 0 saturated carbocycles. The summed E-state index contributed by atoms with van der Waals surface area (Å²) in [6.07, 6.45) is 1.54. The highest BCUT2D eigenvalue weighted by Gasteiger charge is 2.19. The molecule has 0 aliphatic carbocycles. The Morgan fingerprint density at radius 3 is 2.89 bits per heavy atom. The summed E-state index contributed by atoms with van der Waals surface area (Å²) in [7, 11) is 0. The van der Waals surface area contributed by atoms with Crippen molar-refractivity contribution in [3.05, 3.63) is 21.9 Å². The molecule has 0 saturated heterocycles. The first-order valence-corrected chi connectivity index (χ1v) is 7.08. The van der Waals surface area contributed by atoms with Crippen LogP contribution < -0.4 is 10.7 Å².